The van der Waals surface area contributed by atoms with Crippen molar-refractivity contribution < 1.29 is 0 Å². The molecule has 125 valence electrons. The third-order valence-corrected chi connectivity index (χ3v) is 23.1. The predicted octanol–water partition coefficient (Wildman–Crippen LogP) is 9.73. The molecule has 1 rings (SSSR count). The summed E-state index contributed by atoms with van der Waals surface area (Å²) in [6.45, 7) is 0. The van der Waals surface area contributed by atoms with Crippen LogP contribution in [-0.4, -0.2) is 11.8 Å². The Bertz CT molecular complexity index is 515. The number of alkyl halides is 11. The standard InChI is InChI=1S/C11H4Br11/c12-7(13,6-4-2-1-3-5-6)8(14,15)9(16,17)10(18,19)11(20,21)22/h1-4H. The number of hydrogen-bond donors (Lipinski definition) is 0. The number of benzene rings is 1. The maximum atomic E-state index is 3.78. The van der Waals surface area contributed by atoms with Crippen molar-refractivity contribution >= 4 is 175 Å². The summed E-state index contributed by atoms with van der Waals surface area (Å²) in [5.74, 6) is 0. The van der Waals surface area contributed by atoms with Crippen molar-refractivity contribution in [1.29, 1.82) is 0 Å². The molecule has 0 saturated carbocycles. The summed E-state index contributed by atoms with van der Waals surface area (Å²) in [4.78, 5) is 0. The fraction of sp³-hybridized carbons (Fsp3) is 0.455. The average molecular weight is 1020 g/mol. The molecule has 0 aliphatic rings. The van der Waals surface area contributed by atoms with E-state index in [-0.39, 0.29) is 0 Å². The highest BCUT2D eigenvalue weighted by Crippen LogP contribution is 2.73. The highest BCUT2D eigenvalue weighted by molar-refractivity contribution is 9.42. The smallest absolute Gasteiger partial charge is 0.0674 e. The van der Waals surface area contributed by atoms with Crippen molar-refractivity contribution in [3.05, 3.63) is 35.9 Å². The van der Waals surface area contributed by atoms with Crippen molar-refractivity contribution in [2.45, 2.75) is 15.1 Å². The zero-order valence-electron chi connectivity index (χ0n) is 9.97. The van der Waals surface area contributed by atoms with Crippen LogP contribution in [-0.2, 0) is 3.23 Å². The first kappa shape index (κ1) is 24.5. The van der Waals surface area contributed by atoms with E-state index in [9.17, 15) is 0 Å². The first-order chi connectivity index (χ1) is 9.61. The summed E-state index contributed by atoms with van der Waals surface area (Å²) in [6, 6.07) is 10.9. The zero-order valence-corrected chi connectivity index (χ0v) is 27.4. The highest BCUT2D eigenvalue weighted by atomic mass is 80.0. The lowest BCUT2D eigenvalue weighted by atomic mass is 10.1. The average Bonchev–Trinajstić information content (AvgIpc) is 2.37. The molecular weight excluding hydrogens is 1010 g/mol. The van der Waals surface area contributed by atoms with E-state index >= 15 is 0 Å². The summed E-state index contributed by atoms with van der Waals surface area (Å²) in [6.07, 6.45) is 0. The molecule has 0 aliphatic carbocycles. The number of rotatable bonds is 4. The van der Waals surface area contributed by atoms with Gasteiger partial charge in [0.05, 0.1) is 0 Å². The van der Waals surface area contributed by atoms with Gasteiger partial charge in [0, 0.05) is 0 Å². The summed E-state index contributed by atoms with van der Waals surface area (Å²) >= 11 is 40.6. The molecule has 0 aliphatic heterocycles. The Labute approximate surface area is 222 Å². The van der Waals surface area contributed by atoms with Gasteiger partial charge in [-0.15, -0.1) is 0 Å². The maximum absolute atomic E-state index is 3.78. The largest absolute Gasteiger partial charge is 0.162 e. The fourth-order valence-corrected chi connectivity index (χ4v) is 9.84. The first-order valence-electron chi connectivity index (χ1n) is 5.16. The molecule has 22 heavy (non-hydrogen) atoms. The van der Waals surface area contributed by atoms with Crippen LogP contribution in [0.2, 0.25) is 0 Å². The molecule has 0 nitrogen and oxygen atoms in total. The molecule has 0 atom stereocenters. The molecule has 0 unspecified atom stereocenters. The Morgan fingerprint density at radius 3 is 1.50 bits per heavy atom. The maximum Gasteiger partial charge on any atom is 0.162 e. The zero-order chi connectivity index (χ0) is 17.6. The van der Waals surface area contributed by atoms with Gasteiger partial charge in [-0.05, 0) is 11.6 Å². The van der Waals surface area contributed by atoms with Gasteiger partial charge < -0.3 is 0 Å². The van der Waals surface area contributed by atoms with E-state index in [0.29, 0.717) is 0 Å². The second-order valence-electron chi connectivity index (χ2n) is 4.07. The van der Waals surface area contributed by atoms with Gasteiger partial charge in [-0.25, -0.2) is 0 Å². The summed E-state index contributed by atoms with van der Waals surface area (Å²) in [7, 11) is 0. The molecule has 1 aromatic rings. The van der Waals surface area contributed by atoms with Crippen LogP contribution in [0.15, 0.2) is 24.3 Å². The van der Waals surface area contributed by atoms with Crippen molar-refractivity contribution in [3.63, 3.8) is 0 Å². The van der Waals surface area contributed by atoms with E-state index in [1.165, 1.54) is 0 Å². The van der Waals surface area contributed by atoms with Crippen molar-refractivity contribution in [2.24, 2.45) is 0 Å². The molecule has 1 radical (unpaired) electrons. The van der Waals surface area contributed by atoms with Gasteiger partial charge in [0.25, 0.3) is 0 Å². The van der Waals surface area contributed by atoms with Gasteiger partial charge in [0.1, 0.15) is 12.9 Å². The van der Waals surface area contributed by atoms with Gasteiger partial charge >= 0.3 is 0 Å². The Kier molecular flexibility index (Phi) is 9.45. The minimum Gasteiger partial charge on any atom is -0.0674 e. The van der Waals surface area contributed by atoms with Crippen LogP contribution in [0.3, 0.4) is 0 Å². The van der Waals surface area contributed by atoms with E-state index in [2.05, 4.69) is 181 Å². The monoisotopic (exact) mass is 1000 g/mol. The number of hydrogen-bond acceptors (Lipinski definition) is 0. The Hall–Kier alpha value is 4.50. The third-order valence-electron chi connectivity index (χ3n) is 2.59. The molecule has 0 aromatic heterocycles. The van der Waals surface area contributed by atoms with Gasteiger partial charge in [0.2, 0.25) is 0 Å². The fourth-order valence-electron chi connectivity index (χ4n) is 1.33. The summed E-state index contributed by atoms with van der Waals surface area (Å²) < 4.78 is -3.74. The predicted molar refractivity (Wildman–Crippen MR) is 136 cm³/mol. The van der Waals surface area contributed by atoms with Gasteiger partial charge in [-0.3, -0.25) is 0 Å². The van der Waals surface area contributed by atoms with Gasteiger partial charge in [-0.1, -0.05) is 199 Å². The summed E-state index contributed by atoms with van der Waals surface area (Å²) in [5.41, 5.74) is 0.896. The van der Waals surface area contributed by atoms with Crippen LogP contribution in [0.25, 0.3) is 0 Å². The minimum atomic E-state index is -0.798. The topological polar surface area (TPSA) is 0 Å². The lowest BCUT2D eigenvalue weighted by Gasteiger charge is -2.51. The molecular formula is C11H4Br11. The molecule has 0 bridgehead atoms. The molecule has 0 heterocycles. The number of halogens is 11. The van der Waals surface area contributed by atoms with Crippen LogP contribution in [0.5, 0.6) is 0 Å². The van der Waals surface area contributed by atoms with Crippen molar-refractivity contribution in [3.8, 4) is 0 Å². The lowest BCUT2D eigenvalue weighted by Crippen LogP contribution is -2.58. The lowest BCUT2D eigenvalue weighted by molar-refractivity contribution is 0.673. The van der Waals surface area contributed by atoms with E-state index in [0.717, 1.165) is 5.56 Å². The van der Waals surface area contributed by atoms with Crippen molar-refractivity contribution in [2.75, 3.05) is 0 Å². The highest BCUT2D eigenvalue weighted by Gasteiger charge is 2.69. The van der Waals surface area contributed by atoms with E-state index in [4.69, 9.17) is 0 Å². The molecule has 0 N–H and O–H groups in total. The van der Waals surface area contributed by atoms with Crippen molar-refractivity contribution in [1.82, 2.24) is 0 Å². The van der Waals surface area contributed by atoms with Crippen LogP contribution in [0.1, 0.15) is 5.56 Å². The van der Waals surface area contributed by atoms with Crippen LogP contribution in [0, 0.1) is 6.07 Å². The normalized spacial score (nSPS) is 15.0. The molecule has 1 aromatic carbocycles. The van der Waals surface area contributed by atoms with Crippen LogP contribution >= 0.6 is 175 Å². The molecule has 0 spiro atoms. The Morgan fingerprint density at radius 1 is 0.636 bits per heavy atom. The third kappa shape index (κ3) is 4.56. The first-order valence-corrected chi connectivity index (χ1v) is 13.9. The van der Waals surface area contributed by atoms with Crippen LogP contribution < -0.4 is 0 Å². The minimum absolute atomic E-state index is 0.684. The SMILES string of the molecule is BrC(Br)(Br)C(Br)(Br)C(Br)(Br)C(Br)(Br)C(Br)(Br)c1[c]cccc1. The molecule has 0 fully saturated rings. The molecule has 0 amide bonds. The van der Waals surface area contributed by atoms with E-state index in [1.54, 1.807) is 0 Å². The Balaban J connectivity index is 3.45. The van der Waals surface area contributed by atoms with Crippen LogP contribution in [0.4, 0.5) is 0 Å². The van der Waals surface area contributed by atoms with Gasteiger partial charge in [-0.2, -0.15) is 0 Å². The Morgan fingerprint density at radius 2 is 1.14 bits per heavy atom. The molecule has 0 saturated heterocycles. The van der Waals surface area contributed by atoms with E-state index in [1.807, 2.05) is 24.3 Å². The van der Waals surface area contributed by atoms with E-state index < -0.39 is 15.1 Å². The second kappa shape index (κ2) is 8.47. The second-order valence-corrected chi connectivity index (χ2v) is 24.6. The molecule has 11 heteroatoms. The van der Waals surface area contributed by atoms with Gasteiger partial charge in [0.15, 0.2) is 2.14 Å². The summed E-state index contributed by atoms with van der Waals surface area (Å²) in [5, 5.41) is 0. The quantitative estimate of drug-likeness (QED) is 0.264.